The number of carbonyl (C=O) groups is 4. The van der Waals surface area contributed by atoms with Crippen LogP contribution in [0.25, 0.3) is 10.4 Å². The predicted molar refractivity (Wildman–Crippen MR) is 246 cm³/mol. The average molecular weight is 897 g/mol. The molecular weight excluding hydrogens is 833 g/mol. The van der Waals surface area contributed by atoms with Crippen LogP contribution in [0.15, 0.2) is 90.4 Å². The Morgan fingerprint density at radius 2 is 1.38 bits per heavy atom. The van der Waals surface area contributed by atoms with Crippen LogP contribution in [0.5, 0.6) is 0 Å². The van der Waals surface area contributed by atoms with E-state index < -0.39 is 29.5 Å². The number of aliphatic hydroxyl groups excluding tert-OH is 1. The molecule has 0 spiro atoms. The lowest BCUT2D eigenvalue weighted by atomic mass is 9.85. The van der Waals surface area contributed by atoms with Gasteiger partial charge in [-0.05, 0) is 34.6 Å². The molecule has 6 rings (SSSR count). The molecule has 3 atom stereocenters. The minimum Gasteiger partial charge on any atom is -0.391 e. The normalized spacial score (nSPS) is 17.4. The van der Waals surface area contributed by atoms with Crippen molar-refractivity contribution >= 4 is 35.0 Å². The summed E-state index contributed by atoms with van der Waals surface area (Å²) in [7, 11) is 0. The smallest absolute Gasteiger partial charge is 0.246 e. The molecule has 4 aromatic rings. The Labute approximate surface area is 381 Å². The largest absolute Gasteiger partial charge is 0.391 e. The second kappa shape index (κ2) is 23.8. The van der Waals surface area contributed by atoms with Crippen molar-refractivity contribution in [3.8, 4) is 10.4 Å². The Kier molecular flexibility index (Phi) is 18.0. The van der Waals surface area contributed by atoms with Gasteiger partial charge in [-0.2, -0.15) is 0 Å². The number of aromatic nitrogens is 1. The number of hydrogen-bond donors (Lipinski definition) is 3. The molecule has 0 unspecified atom stereocenters. The first kappa shape index (κ1) is 48.4. The van der Waals surface area contributed by atoms with Crippen LogP contribution in [-0.2, 0) is 39.9 Å². The minimum atomic E-state index is -0.926. The molecule has 2 fully saturated rings. The van der Waals surface area contributed by atoms with Gasteiger partial charge in [0.25, 0.3) is 0 Å². The first-order valence-corrected chi connectivity index (χ1v) is 23.2. The molecular formula is C49H64N6O8S. The summed E-state index contributed by atoms with van der Waals surface area (Å²) in [6.07, 6.45) is -0.408. The van der Waals surface area contributed by atoms with E-state index in [2.05, 4.69) is 69.0 Å². The summed E-state index contributed by atoms with van der Waals surface area (Å²) in [6, 6.07) is 27.2. The van der Waals surface area contributed by atoms with E-state index in [1.54, 1.807) is 11.3 Å². The minimum absolute atomic E-state index is 0.00174. The monoisotopic (exact) mass is 896 g/mol. The molecule has 3 aromatic carbocycles. The first-order valence-electron chi connectivity index (χ1n) is 22.3. The number of piperazine rings is 1. The summed E-state index contributed by atoms with van der Waals surface area (Å²) in [5, 5.41) is 16.3. The second-order valence-corrected chi connectivity index (χ2v) is 18.3. The lowest BCUT2D eigenvalue weighted by molar-refractivity contribution is -0.144. The number of hydrogen-bond acceptors (Lipinski definition) is 11. The van der Waals surface area contributed by atoms with Crippen LogP contribution in [-0.4, -0.2) is 139 Å². The highest BCUT2D eigenvalue weighted by Crippen LogP contribution is 2.31. The van der Waals surface area contributed by atoms with E-state index in [0.717, 1.165) is 34.8 Å². The van der Waals surface area contributed by atoms with Crippen molar-refractivity contribution in [1.82, 2.24) is 30.3 Å². The highest BCUT2D eigenvalue weighted by molar-refractivity contribution is 7.13. The van der Waals surface area contributed by atoms with Gasteiger partial charge in [0.2, 0.25) is 23.6 Å². The van der Waals surface area contributed by atoms with Crippen LogP contribution in [0.4, 0.5) is 0 Å². The van der Waals surface area contributed by atoms with Gasteiger partial charge < -0.3 is 39.8 Å². The molecule has 0 radical (unpaired) electrons. The average Bonchev–Trinajstić information content (AvgIpc) is 3.92. The lowest BCUT2D eigenvalue weighted by Gasteiger charge is -2.39. The zero-order valence-electron chi connectivity index (χ0n) is 37.6. The van der Waals surface area contributed by atoms with Crippen molar-refractivity contribution in [3.63, 3.8) is 0 Å². The molecule has 0 saturated carbocycles. The number of rotatable bonds is 21. The third kappa shape index (κ3) is 13.7. The number of nitrogens with zero attached hydrogens (tertiary/aromatic N) is 4. The Balaban J connectivity index is 0.827. The van der Waals surface area contributed by atoms with E-state index in [4.69, 9.17) is 14.2 Å². The number of amides is 4. The number of β-amino-alcohol motifs (C(OH)–C–C–N with tert-alkyl or cyclic N) is 1. The van der Waals surface area contributed by atoms with Gasteiger partial charge in [-0.25, -0.2) is 4.98 Å². The number of likely N-dealkylation sites (tertiary alicyclic amines) is 1. The molecule has 0 aliphatic carbocycles. The zero-order chi connectivity index (χ0) is 45.5. The highest BCUT2D eigenvalue weighted by atomic mass is 32.1. The molecule has 344 valence electrons. The molecule has 2 aliphatic rings. The van der Waals surface area contributed by atoms with E-state index in [1.807, 2.05) is 74.5 Å². The van der Waals surface area contributed by atoms with Gasteiger partial charge in [0, 0.05) is 52.1 Å². The third-order valence-corrected chi connectivity index (χ3v) is 12.6. The lowest BCUT2D eigenvalue weighted by Crippen LogP contribution is -2.57. The summed E-state index contributed by atoms with van der Waals surface area (Å²) in [6.45, 7) is 12.4. The highest BCUT2D eigenvalue weighted by Gasteiger charge is 2.44. The van der Waals surface area contributed by atoms with Gasteiger partial charge in [0.1, 0.15) is 12.1 Å². The quantitative estimate of drug-likeness (QED) is 0.0973. The van der Waals surface area contributed by atoms with Crippen LogP contribution >= 0.6 is 11.3 Å². The summed E-state index contributed by atoms with van der Waals surface area (Å²) in [5.41, 5.74) is 6.55. The van der Waals surface area contributed by atoms with Crippen molar-refractivity contribution < 1.29 is 38.5 Å². The molecule has 14 nitrogen and oxygen atoms in total. The van der Waals surface area contributed by atoms with E-state index in [9.17, 15) is 24.3 Å². The molecule has 2 saturated heterocycles. The maximum Gasteiger partial charge on any atom is 0.246 e. The van der Waals surface area contributed by atoms with Gasteiger partial charge in [0.15, 0.2) is 0 Å². The van der Waals surface area contributed by atoms with Crippen LogP contribution < -0.4 is 10.6 Å². The Morgan fingerprint density at radius 1 is 0.797 bits per heavy atom. The van der Waals surface area contributed by atoms with Crippen molar-refractivity contribution in [3.05, 3.63) is 113 Å². The summed E-state index contributed by atoms with van der Waals surface area (Å²) in [4.78, 5) is 64.5. The second-order valence-electron chi connectivity index (χ2n) is 17.4. The molecule has 15 heteroatoms. The first-order chi connectivity index (χ1) is 30.9. The van der Waals surface area contributed by atoms with E-state index in [0.29, 0.717) is 45.9 Å². The van der Waals surface area contributed by atoms with E-state index in [1.165, 1.54) is 16.0 Å². The molecule has 4 amide bonds. The molecule has 3 N–H and O–H groups in total. The maximum atomic E-state index is 13.9. The fourth-order valence-corrected chi connectivity index (χ4v) is 8.96. The Hall–Kier alpha value is -5.03. The van der Waals surface area contributed by atoms with Gasteiger partial charge in [-0.1, -0.05) is 106 Å². The van der Waals surface area contributed by atoms with Gasteiger partial charge in [0.05, 0.1) is 74.3 Å². The van der Waals surface area contributed by atoms with E-state index in [-0.39, 0.29) is 62.9 Å². The van der Waals surface area contributed by atoms with Gasteiger partial charge >= 0.3 is 0 Å². The van der Waals surface area contributed by atoms with Crippen LogP contribution in [0.3, 0.4) is 0 Å². The van der Waals surface area contributed by atoms with Crippen molar-refractivity contribution in [2.75, 3.05) is 72.4 Å². The van der Waals surface area contributed by atoms with Crippen molar-refractivity contribution in [2.45, 2.75) is 77.7 Å². The number of carbonyl (C=O) groups excluding carboxylic acids is 4. The Bertz CT molecular complexity index is 2050. The van der Waals surface area contributed by atoms with E-state index >= 15 is 0 Å². The standard InChI is InChI=1S/C49H64N6O8S/c1-35-45(64-34-51-35)39-17-15-36(16-18-39)32-50-47(59)41-31-40(56)33-55(41)48(60)46(49(2,3)4)52-42(57)19-25-61-27-29-63-30-28-62-26-20-43(58)53-21-23-54(24-22-53)44(37-11-7-5-8-12-37)38-13-9-6-10-14-38/h5-18,34,40-41,44,46,56H,19-33H2,1-4H3,(H,50,59)(H,52,57)/t40-,41+,46-/m1/s1. The summed E-state index contributed by atoms with van der Waals surface area (Å²) < 4.78 is 16.9. The predicted octanol–water partition coefficient (Wildman–Crippen LogP) is 4.99. The summed E-state index contributed by atoms with van der Waals surface area (Å²) >= 11 is 1.58. The number of nitrogens with one attached hydrogen (secondary N) is 2. The number of benzene rings is 3. The van der Waals surface area contributed by atoms with Crippen LogP contribution in [0.1, 0.15) is 68.5 Å². The Morgan fingerprint density at radius 3 is 1.94 bits per heavy atom. The van der Waals surface area contributed by atoms with Gasteiger partial charge in [-0.3, -0.25) is 24.1 Å². The molecule has 1 aromatic heterocycles. The number of aliphatic hydroxyl groups is 1. The fourth-order valence-electron chi connectivity index (χ4n) is 8.15. The third-order valence-electron chi connectivity index (χ3n) is 11.7. The number of aryl methyl sites for hydroxylation is 1. The molecule has 0 bridgehead atoms. The zero-order valence-corrected chi connectivity index (χ0v) is 38.4. The van der Waals surface area contributed by atoms with Crippen LogP contribution in [0, 0.1) is 12.3 Å². The molecule has 3 heterocycles. The van der Waals surface area contributed by atoms with Crippen LogP contribution in [0.2, 0.25) is 0 Å². The number of thiazole rings is 1. The SMILES string of the molecule is Cc1ncsc1-c1ccc(CNC(=O)[C@@H]2C[C@@H](O)CN2C(=O)[C@@H](NC(=O)CCOCCOCCOCCC(=O)N2CCN(C(c3ccccc3)c3ccccc3)CC2)C(C)(C)C)cc1. The maximum absolute atomic E-state index is 13.9. The molecule has 2 aliphatic heterocycles. The van der Waals surface area contributed by atoms with Crippen molar-refractivity contribution in [2.24, 2.45) is 5.41 Å². The van der Waals surface area contributed by atoms with Crippen molar-refractivity contribution in [1.29, 1.82) is 0 Å². The summed E-state index contributed by atoms with van der Waals surface area (Å²) in [5.74, 6) is -1.05. The fraction of sp³-hybridized carbons (Fsp3) is 0.490. The molecule has 64 heavy (non-hydrogen) atoms. The van der Waals surface area contributed by atoms with Gasteiger partial charge in [-0.15, -0.1) is 11.3 Å². The number of ether oxygens (including phenoxy) is 3. The topological polar surface area (TPSA) is 163 Å².